The Morgan fingerprint density at radius 2 is 1.92 bits per heavy atom. The van der Waals surface area contributed by atoms with Crippen molar-refractivity contribution in [2.24, 2.45) is 4.02 Å². The van der Waals surface area contributed by atoms with Crippen LogP contribution in [0.4, 0.5) is 0 Å². The SMILES string of the molecule is CCOc1cc2c(cc1C(=O)NC)/C(=N/Br)N(CC(=O)c1cc(OCC#N)c(OC)c(C(C)(C)C)c1)C2. The van der Waals surface area contributed by atoms with E-state index in [1.165, 1.54) is 7.11 Å². The lowest BCUT2D eigenvalue weighted by Gasteiger charge is -2.25. The lowest BCUT2D eigenvalue weighted by atomic mass is 9.84. The average molecular weight is 571 g/mol. The normalized spacial score (nSPS) is 13.7. The highest BCUT2D eigenvalue weighted by molar-refractivity contribution is 9.08. The first-order valence-corrected chi connectivity index (χ1v) is 12.5. The lowest BCUT2D eigenvalue weighted by molar-refractivity contribution is 0.0953. The topological polar surface area (TPSA) is 113 Å². The molecule has 0 atom stereocenters. The number of ketones is 1. The van der Waals surface area contributed by atoms with Gasteiger partial charge in [0.2, 0.25) is 0 Å². The van der Waals surface area contributed by atoms with E-state index < -0.39 is 0 Å². The van der Waals surface area contributed by atoms with E-state index >= 15 is 0 Å². The Labute approximate surface area is 225 Å². The number of hydrogen-bond acceptors (Lipinski definition) is 7. The number of amides is 1. The summed E-state index contributed by atoms with van der Waals surface area (Å²) in [6.07, 6.45) is 0. The van der Waals surface area contributed by atoms with Crippen LogP contribution in [-0.4, -0.2) is 56.3 Å². The van der Waals surface area contributed by atoms with Crippen LogP contribution in [0.1, 0.15) is 65.1 Å². The van der Waals surface area contributed by atoms with Crippen LogP contribution in [0, 0.1) is 11.3 Å². The number of nitriles is 1. The number of nitrogens with zero attached hydrogens (tertiary/aromatic N) is 3. The van der Waals surface area contributed by atoms with Crippen molar-refractivity contribution in [2.45, 2.75) is 39.7 Å². The molecule has 0 saturated heterocycles. The number of Topliss-reactive ketones (excluding diaryl/α,β-unsaturated/α-hetero) is 1. The number of amidine groups is 1. The van der Waals surface area contributed by atoms with Gasteiger partial charge in [-0.3, -0.25) is 9.59 Å². The molecule has 2 aromatic rings. The minimum absolute atomic E-state index is 0.0337. The molecule has 1 amide bonds. The third-order valence-corrected chi connectivity index (χ3v) is 6.31. The van der Waals surface area contributed by atoms with E-state index in [0.29, 0.717) is 47.4 Å². The van der Waals surface area contributed by atoms with E-state index in [-0.39, 0.29) is 30.3 Å². The molecule has 0 unspecified atom stereocenters. The molecule has 3 rings (SSSR count). The average Bonchev–Trinajstić information content (AvgIpc) is 3.20. The molecule has 1 heterocycles. The fourth-order valence-corrected chi connectivity index (χ4v) is 4.66. The van der Waals surface area contributed by atoms with Crippen molar-refractivity contribution in [2.75, 3.05) is 33.9 Å². The number of methoxy groups -OCH3 is 1. The van der Waals surface area contributed by atoms with Crippen molar-refractivity contribution >= 4 is 33.7 Å². The molecule has 0 bridgehead atoms. The highest BCUT2D eigenvalue weighted by Crippen LogP contribution is 2.40. The van der Waals surface area contributed by atoms with E-state index in [4.69, 9.17) is 19.5 Å². The Kier molecular flexibility index (Phi) is 8.81. The van der Waals surface area contributed by atoms with Crippen molar-refractivity contribution in [3.05, 3.63) is 52.1 Å². The van der Waals surface area contributed by atoms with Gasteiger partial charge in [0.05, 0.1) is 42.0 Å². The molecule has 0 spiro atoms. The maximum Gasteiger partial charge on any atom is 0.254 e. The molecule has 0 radical (unpaired) electrons. The zero-order chi connectivity index (χ0) is 27.3. The number of halogens is 1. The summed E-state index contributed by atoms with van der Waals surface area (Å²) < 4.78 is 21.2. The molecule has 196 valence electrons. The maximum atomic E-state index is 13.5. The smallest absolute Gasteiger partial charge is 0.254 e. The predicted molar refractivity (Wildman–Crippen MR) is 144 cm³/mol. The van der Waals surface area contributed by atoms with Crippen molar-refractivity contribution in [3.8, 4) is 23.3 Å². The Morgan fingerprint density at radius 3 is 2.49 bits per heavy atom. The van der Waals surface area contributed by atoms with Crippen molar-refractivity contribution in [3.63, 3.8) is 0 Å². The Morgan fingerprint density at radius 1 is 1.19 bits per heavy atom. The highest BCUT2D eigenvalue weighted by atomic mass is 79.9. The van der Waals surface area contributed by atoms with Gasteiger partial charge in [-0.05, 0) is 42.2 Å². The first kappa shape index (κ1) is 28.0. The van der Waals surface area contributed by atoms with Crippen LogP contribution < -0.4 is 19.5 Å². The number of carbonyl (C=O) groups excluding carboxylic acids is 2. The molecule has 1 aliphatic heterocycles. The third kappa shape index (κ3) is 5.88. The second-order valence-corrected chi connectivity index (χ2v) is 9.81. The molecule has 0 saturated carbocycles. The summed E-state index contributed by atoms with van der Waals surface area (Å²) in [5, 5.41) is 11.6. The van der Waals surface area contributed by atoms with Gasteiger partial charge in [-0.15, -0.1) is 0 Å². The van der Waals surface area contributed by atoms with Gasteiger partial charge < -0.3 is 24.4 Å². The Balaban J connectivity index is 1.98. The summed E-state index contributed by atoms with van der Waals surface area (Å²) in [7, 11) is 3.10. The summed E-state index contributed by atoms with van der Waals surface area (Å²) in [6.45, 7) is 8.58. The molecule has 1 N–H and O–H groups in total. The van der Waals surface area contributed by atoms with E-state index in [1.54, 1.807) is 19.2 Å². The molecule has 37 heavy (non-hydrogen) atoms. The number of ether oxygens (including phenoxy) is 3. The molecule has 0 fully saturated rings. The van der Waals surface area contributed by atoms with E-state index in [0.717, 1.165) is 16.7 Å². The van der Waals surface area contributed by atoms with Crippen LogP contribution in [-0.2, 0) is 12.0 Å². The summed E-state index contributed by atoms with van der Waals surface area (Å²) >= 11 is 3.19. The van der Waals surface area contributed by atoms with Gasteiger partial charge in [0.1, 0.15) is 17.7 Å². The van der Waals surface area contributed by atoms with Crippen LogP contribution in [0.25, 0.3) is 0 Å². The Hall–Kier alpha value is -3.58. The van der Waals surface area contributed by atoms with Crippen LogP contribution in [0.2, 0.25) is 0 Å². The van der Waals surface area contributed by atoms with Crippen LogP contribution in [0.5, 0.6) is 17.2 Å². The van der Waals surface area contributed by atoms with Gasteiger partial charge in [0.15, 0.2) is 23.9 Å². The molecule has 0 aliphatic carbocycles. The number of rotatable bonds is 9. The van der Waals surface area contributed by atoms with Crippen molar-refractivity contribution < 1.29 is 23.8 Å². The third-order valence-electron chi connectivity index (χ3n) is 5.97. The van der Waals surface area contributed by atoms with Gasteiger partial charge in [-0.25, -0.2) is 0 Å². The van der Waals surface area contributed by atoms with Crippen molar-refractivity contribution in [1.82, 2.24) is 10.2 Å². The minimum atomic E-state index is -0.343. The van der Waals surface area contributed by atoms with Crippen LogP contribution >= 0.6 is 16.1 Å². The first-order valence-electron chi connectivity index (χ1n) is 11.8. The minimum Gasteiger partial charge on any atom is -0.493 e. The molecular formula is C27H31BrN4O5. The number of hydrogen-bond donors (Lipinski definition) is 1. The number of nitrogens with one attached hydrogen (secondary N) is 1. The second kappa shape index (κ2) is 11.6. The fourth-order valence-electron chi connectivity index (χ4n) is 4.24. The molecule has 2 aromatic carbocycles. The lowest BCUT2D eigenvalue weighted by Crippen LogP contribution is -2.31. The molecule has 0 aromatic heterocycles. The highest BCUT2D eigenvalue weighted by Gasteiger charge is 2.31. The first-order chi connectivity index (χ1) is 17.6. The molecule has 1 aliphatic rings. The summed E-state index contributed by atoms with van der Waals surface area (Å²) in [5.74, 6) is 1.44. The zero-order valence-electron chi connectivity index (χ0n) is 21.9. The second-order valence-electron chi connectivity index (χ2n) is 9.46. The van der Waals surface area contributed by atoms with Gasteiger partial charge in [0, 0.05) is 30.3 Å². The summed E-state index contributed by atoms with van der Waals surface area (Å²) in [5.41, 5.74) is 2.92. The molecule has 10 heteroatoms. The predicted octanol–water partition coefficient (Wildman–Crippen LogP) is 4.41. The van der Waals surface area contributed by atoms with E-state index in [9.17, 15) is 9.59 Å². The van der Waals surface area contributed by atoms with Crippen molar-refractivity contribution in [1.29, 1.82) is 5.26 Å². The summed E-state index contributed by atoms with van der Waals surface area (Å²) in [6, 6.07) is 8.94. The van der Waals surface area contributed by atoms with Gasteiger partial charge in [0.25, 0.3) is 5.91 Å². The zero-order valence-corrected chi connectivity index (χ0v) is 23.5. The number of carbonyl (C=O) groups is 2. The van der Waals surface area contributed by atoms with E-state index in [1.807, 2.05) is 50.8 Å². The summed E-state index contributed by atoms with van der Waals surface area (Å²) in [4.78, 5) is 27.8. The van der Waals surface area contributed by atoms with E-state index in [2.05, 4.69) is 25.5 Å². The van der Waals surface area contributed by atoms with Crippen LogP contribution in [0.15, 0.2) is 28.3 Å². The van der Waals surface area contributed by atoms with Crippen LogP contribution in [0.3, 0.4) is 0 Å². The maximum absolute atomic E-state index is 13.5. The fraction of sp³-hybridized carbons (Fsp3) is 0.407. The van der Waals surface area contributed by atoms with Gasteiger partial charge in [-0.1, -0.05) is 20.8 Å². The van der Waals surface area contributed by atoms with Gasteiger partial charge in [-0.2, -0.15) is 9.28 Å². The number of benzene rings is 2. The quantitative estimate of drug-likeness (QED) is 0.444. The molecular weight excluding hydrogens is 540 g/mol. The number of fused-ring (bicyclic) bond motifs is 1. The van der Waals surface area contributed by atoms with Gasteiger partial charge >= 0.3 is 0 Å². The largest absolute Gasteiger partial charge is 0.493 e. The standard InChI is InChI=1S/C27H31BrN4O5/c1-7-36-22-12-17-14-32(25(31-28)18(17)13-19(22)26(34)30-5)15-21(33)16-10-20(27(2,3)4)24(35-6)23(11-16)37-9-8-29/h10-13H,7,9,14-15H2,1-6H3,(H,30,34)/b31-25-. The monoisotopic (exact) mass is 570 g/mol. The molecule has 9 nitrogen and oxygen atoms in total. The Bertz CT molecular complexity index is 1280.